The number of carbonyl (C=O) groups excluding carboxylic acids is 3. The van der Waals surface area contributed by atoms with E-state index in [0.717, 1.165) is 12.8 Å². The fourth-order valence-corrected chi connectivity index (χ4v) is 3.05. The third-order valence-corrected chi connectivity index (χ3v) is 4.31. The van der Waals surface area contributed by atoms with Gasteiger partial charge in [0.2, 0.25) is 11.8 Å². The first-order valence-electron chi connectivity index (χ1n) is 9.07. The number of amides is 3. The molecule has 1 aliphatic carbocycles. The van der Waals surface area contributed by atoms with Crippen LogP contribution in [0.3, 0.4) is 0 Å². The molecule has 0 unspecified atom stereocenters. The van der Waals surface area contributed by atoms with Crippen molar-refractivity contribution in [2.75, 3.05) is 10.6 Å². The maximum absolute atomic E-state index is 13.5. The largest absolute Gasteiger partial charge is 0.331 e. The Kier molecular flexibility index (Phi) is 5.73. The number of anilines is 2. The highest BCUT2D eigenvalue weighted by Gasteiger charge is 2.33. The number of halogens is 1. The minimum atomic E-state index is -0.346. The van der Waals surface area contributed by atoms with Gasteiger partial charge in [0.05, 0.1) is 0 Å². The Labute approximate surface area is 162 Å². The van der Waals surface area contributed by atoms with Crippen LogP contribution in [0.25, 0.3) is 0 Å². The topological polar surface area (TPSA) is 78.5 Å². The quantitative estimate of drug-likeness (QED) is 0.801. The van der Waals surface area contributed by atoms with Crippen LogP contribution in [-0.2, 0) is 16.1 Å². The molecule has 2 N–H and O–H groups in total. The Morgan fingerprint density at radius 2 is 1.61 bits per heavy atom. The fraction of sp³-hybridized carbons (Fsp3) is 0.286. The van der Waals surface area contributed by atoms with E-state index in [1.54, 1.807) is 35.2 Å². The molecule has 2 aromatic rings. The van der Waals surface area contributed by atoms with E-state index < -0.39 is 0 Å². The molecule has 0 aliphatic heterocycles. The fourth-order valence-electron chi connectivity index (χ4n) is 3.05. The average molecular weight is 383 g/mol. The molecule has 6 nitrogen and oxygen atoms in total. The molecule has 2 aromatic carbocycles. The molecule has 7 heteroatoms. The summed E-state index contributed by atoms with van der Waals surface area (Å²) >= 11 is 0. The van der Waals surface area contributed by atoms with E-state index in [1.165, 1.54) is 26.0 Å². The number of hydrogen-bond donors (Lipinski definition) is 2. The second-order valence-electron chi connectivity index (χ2n) is 6.96. The predicted molar refractivity (Wildman–Crippen MR) is 104 cm³/mol. The standard InChI is InChI=1S/C21H22FN3O3/c1-13(26)23-18-9-16(10-19(11-18)24-14(2)27)21(28)25(20-6-7-20)12-15-4-3-5-17(22)8-15/h3-5,8-11,20H,6-7,12H2,1-2H3,(H,23,26)(H,24,27). The van der Waals surface area contributed by atoms with Crippen LogP contribution in [0, 0.1) is 5.82 Å². The summed E-state index contributed by atoms with van der Waals surface area (Å²) in [6.07, 6.45) is 1.79. The molecule has 0 heterocycles. The molecular formula is C21H22FN3O3. The number of nitrogens with zero attached hydrogens (tertiary/aromatic N) is 1. The predicted octanol–water partition coefficient (Wildman–Crippen LogP) is 3.55. The van der Waals surface area contributed by atoms with E-state index in [0.29, 0.717) is 29.0 Å². The minimum absolute atomic E-state index is 0.101. The smallest absolute Gasteiger partial charge is 0.254 e. The van der Waals surface area contributed by atoms with E-state index in [-0.39, 0.29) is 29.6 Å². The summed E-state index contributed by atoms with van der Waals surface area (Å²) in [5.74, 6) is -1.14. The highest BCUT2D eigenvalue weighted by Crippen LogP contribution is 2.31. The first-order chi connectivity index (χ1) is 13.3. The van der Waals surface area contributed by atoms with E-state index in [2.05, 4.69) is 10.6 Å². The Balaban J connectivity index is 1.91. The van der Waals surface area contributed by atoms with Gasteiger partial charge < -0.3 is 15.5 Å². The number of carbonyl (C=O) groups is 3. The van der Waals surface area contributed by atoms with Crippen molar-refractivity contribution in [3.05, 3.63) is 59.4 Å². The molecule has 0 radical (unpaired) electrons. The third kappa shape index (κ3) is 5.16. The Hall–Kier alpha value is -3.22. The molecule has 28 heavy (non-hydrogen) atoms. The van der Waals surface area contributed by atoms with Crippen LogP contribution in [0.2, 0.25) is 0 Å². The molecular weight excluding hydrogens is 361 g/mol. The number of nitrogens with one attached hydrogen (secondary N) is 2. The molecule has 0 aromatic heterocycles. The molecule has 1 saturated carbocycles. The van der Waals surface area contributed by atoms with Gasteiger partial charge in [0.25, 0.3) is 5.91 Å². The summed E-state index contributed by atoms with van der Waals surface area (Å²) in [4.78, 5) is 37.8. The normalized spacial score (nSPS) is 13.0. The zero-order chi connectivity index (χ0) is 20.3. The number of rotatable bonds is 6. The van der Waals surface area contributed by atoms with Crippen LogP contribution in [0.5, 0.6) is 0 Å². The first kappa shape index (κ1) is 19.5. The second kappa shape index (κ2) is 8.21. The zero-order valence-electron chi connectivity index (χ0n) is 15.8. The molecule has 3 amide bonds. The molecule has 0 bridgehead atoms. The van der Waals surface area contributed by atoms with Crippen molar-refractivity contribution in [3.63, 3.8) is 0 Å². The van der Waals surface area contributed by atoms with Gasteiger partial charge in [0.15, 0.2) is 0 Å². The van der Waals surface area contributed by atoms with Crippen LogP contribution in [0.15, 0.2) is 42.5 Å². The van der Waals surface area contributed by atoms with Gasteiger partial charge in [-0.15, -0.1) is 0 Å². The van der Waals surface area contributed by atoms with Crippen molar-refractivity contribution in [1.82, 2.24) is 4.90 Å². The van der Waals surface area contributed by atoms with Gasteiger partial charge in [0.1, 0.15) is 5.82 Å². The van der Waals surface area contributed by atoms with Crippen LogP contribution < -0.4 is 10.6 Å². The highest BCUT2D eigenvalue weighted by atomic mass is 19.1. The van der Waals surface area contributed by atoms with Gasteiger partial charge in [-0.1, -0.05) is 12.1 Å². The summed E-state index contributed by atoms with van der Waals surface area (Å²) in [5.41, 5.74) is 1.89. The van der Waals surface area contributed by atoms with Gasteiger partial charge in [0, 0.05) is 43.4 Å². The summed E-state index contributed by atoms with van der Waals surface area (Å²) in [5, 5.41) is 5.29. The maximum Gasteiger partial charge on any atom is 0.254 e. The van der Waals surface area contributed by atoms with Crippen LogP contribution in [0.1, 0.15) is 42.6 Å². The zero-order valence-corrected chi connectivity index (χ0v) is 15.8. The molecule has 0 saturated heterocycles. The summed E-state index contributed by atoms with van der Waals surface area (Å²) < 4.78 is 13.5. The number of hydrogen-bond acceptors (Lipinski definition) is 3. The van der Waals surface area contributed by atoms with Crippen LogP contribution in [-0.4, -0.2) is 28.7 Å². The van der Waals surface area contributed by atoms with Crippen molar-refractivity contribution in [2.24, 2.45) is 0 Å². The average Bonchev–Trinajstić information content (AvgIpc) is 3.42. The van der Waals surface area contributed by atoms with Crippen LogP contribution >= 0.6 is 0 Å². The van der Waals surface area contributed by atoms with E-state index in [1.807, 2.05) is 0 Å². The van der Waals surface area contributed by atoms with Crippen LogP contribution in [0.4, 0.5) is 15.8 Å². The lowest BCUT2D eigenvalue weighted by Gasteiger charge is -2.23. The van der Waals surface area contributed by atoms with Crippen molar-refractivity contribution < 1.29 is 18.8 Å². The van der Waals surface area contributed by atoms with Gasteiger partial charge in [-0.2, -0.15) is 0 Å². The maximum atomic E-state index is 13.5. The van der Waals surface area contributed by atoms with Crippen molar-refractivity contribution >= 4 is 29.1 Å². The molecule has 0 atom stereocenters. The number of benzene rings is 2. The minimum Gasteiger partial charge on any atom is -0.331 e. The van der Waals surface area contributed by atoms with E-state index >= 15 is 0 Å². The lowest BCUT2D eigenvalue weighted by Crippen LogP contribution is -2.32. The SMILES string of the molecule is CC(=O)Nc1cc(NC(C)=O)cc(C(=O)N(Cc2cccc(F)c2)C2CC2)c1. The summed E-state index contributed by atoms with van der Waals surface area (Å²) in [6, 6.07) is 11.0. The monoisotopic (exact) mass is 383 g/mol. The first-order valence-corrected chi connectivity index (χ1v) is 9.07. The Morgan fingerprint density at radius 1 is 1.00 bits per heavy atom. The van der Waals surface area contributed by atoms with E-state index in [4.69, 9.17) is 0 Å². The van der Waals surface area contributed by atoms with E-state index in [9.17, 15) is 18.8 Å². The molecule has 146 valence electrons. The highest BCUT2D eigenvalue weighted by molar-refractivity contribution is 6.00. The van der Waals surface area contributed by atoms with Gasteiger partial charge >= 0.3 is 0 Å². The lowest BCUT2D eigenvalue weighted by molar-refractivity contribution is -0.115. The van der Waals surface area contributed by atoms with Gasteiger partial charge in [-0.25, -0.2) is 4.39 Å². The van der Waals surface area contributed by atoms with Crippen molar-refractivity contribution in [1.29, 1.82) is 0 Å². The van der Waals surface area contributed by atoms with Gasteiger partial charge in [-0.05, 0) is 48.7 Å². The molecule has 1 fully saturated rings. The van der Waals surface area contributed by atoms with Gasteiger partial charge in [-0.3, -0.25) is 14.4 Å². The molecule has 1 aliphatic rings. The Morgan fingerprint density at radius 3 is 2.11 bits per heavy atom. The third-order valence-electron chi connectivity index (χ3n) is 4.31. The van der Waals surface area contributed by atoms with Crippen molar-refractivity contribution in [2.45, 2.75) is 39.3 Å². The molecule has 0 spiro atoms. The summed E-state index contributed by atoms with van der Waals surface area (Å²) in [6.45, 7) is 3.03. The Bertz CT molecular complexity index is 891. The van der Waals surface area contributed by atoms with Crippen molar-refractivity contribution in [3.8, 4) is 0 Å². The summed E-state index contributed by atoms with van der Waals surface area (Å²) in [7, 11) is 0. The molecule has 3 rings (SSSR count). The lowest BCUT2D eigenvalue weighted by atomic mass is 10.1. The second-order valence-corrected chi connectivity index (χ2v) is 6.96.